The number of piperidine rings is 1. The number of nitrogens with two attached hydrogens (primary N) is 1. The molecule has 4 nitrogen and oxygen atoms in total. The molecule has 1 aliphatic heterocycles. The number of phenols is 2. The van der Waals surface area contributed by atoms with Crippen molar-refractivity contribution in [2.45, 2.75) is 25.8 Å². The quantitative estimate of drug-likeness (QED) is 0.765. The third kappa shape index (κ3) is 2.60. The number of hydrogen-bond acceptors (Lipinski definition) is 4. The maximum Gasteiger partial charge on any atom is 0.124 e. The highest BCUT2D eigenvalue weighted by molar-refractivity contribution is 5.45. The fourth-order valence-electron chi connectivity index (χ4n) is 2.79. The number of aromatic hydroxyl groups is 2. The van der Waals surface area contributed by atoms with Gasteiger partial charge in [0.15, 0.2) is 0 Å². The molecule has 1 aromatic rings. The lowest BCUT2D eigenvalue weighted by molar-refractivity contribution is 0.131. The van der Waals surface area contributed by atoms with Gasteiger partial charge in [-0.2, -0.15) is 0 Å². The van der Waals surface area contributed by atoms with Crippen molar-refractivity contribution in [3.8, 4) is 11.5 Å². The van der Waals surface area contributed by atoms with Gasteiger partial charge in [0.1, 0.15) is 11.5 Å². The Hall–Kier alpha value is -1.26. The van der Waals surface area contributed by atoms with Gasteiger partial charge in [-0.25, -0.2) is 0 Å². The van der Waals surface area contributed by atoms with Crippen molar-refractivity contribution in [3.05, 3.63) is 23.8 Å². The molecular weight excluding hydrogens is 228 g/mol. The lowest BCUT2D eigenvalue weighted by Crippen LogP contribution is -2.39. The molecule has 0 bridgehead atoms. The highest BCUT2D eigenvalue weighted by Gasteiger charge is 2.26. The Morgan fingerprint density at radius 3 is 2.67 bits per heavy atom. The zero-order valence-corrected chi connectivity index (χ0v) is 10.8. The molecule has 0 saturated carbocycles. The SMILES string of the molecule is CC(c1c(O)cccc1O)N1CCCC(CN)C1. The Labute approximate surface area is 108 Å². The molecule has 1 fully saturated rings. The van der Waals surface area contributed by atoms with Crippen molar-refractivity contribution < 1.29 is 10.2 Å². The Bertz CT molecular complexity index is 389. The highest BCUT2D eigenvalue weighted by Crippen LogP contribution is 2.36. The van der Waals surface area contributed by atoms with E-state index in [-0.39, 0.29) is 17.5 Å². The minimum absolute atomic E-state index is 0.0144. The summed E-state index contributed by atoms with van der Waals surface area (Å²) in [4.78, 5) is 2.29. The number of rotatable bonds is 3. The van der Waals surface area contributed by atoms with Gasteiger partial charge in [-0.15, -0.1) is 0 Å². The zero-order valence-electron chi connectivity index (χ0n) is 10.8. The van der Waals surface area contributed by atoms with Crippen LogP contribution in [-0.4, -0.2) is 34.7 Å². The normalized spacial score (nSPS) is 22.9. The van der Waals surface area contributed by atoms with E-state index in [1.54, 1.807) is 18.2 Å². The summed E-state index contributed by atoms with van der Waals surface area (Å²) in [6, 6.07) is 4.91. The van der Waals surface area contributed by atoms with Gasteiger partial charge in [0.05, 0.1) is 5.56 Å². The number of likely N-dealkylation sites (tertiary alicyclic amines) is 1. The van der Waals surface area contributed by atoms with E-state index in [0.29, 0.717) is 18.0 Å². The summed E-state index contributed by atoms with van der Waals surface area (Å²) in [5.41, 5.74) is 6.36. The summed E-state index contributed by atoms with van der Waals surface area (Å²) >= 11 is 0. The van der Waals surface area contributed by atoms with Crippen LogP contribution in [0.2, 0.25) is 0 Å². The van der Waals surface area contributed by atoms with Crippen molar-refractivity contribution in [2.75, 3.05) is 19.6 Å². The minimum Gasteiger partial charge on any atom is -0.507 e. The third-order valence-corrected chi connectivity index (χ3v) is 3.91. The van der Waals surface area contributed by atoms with Gasteiger partial charge < -0.3 is 15.9 Å². The standard InChI is InChI=1S/C14H22N2O2/c1-10(14-12(17)5-2-6-13(14)18)16-7-3-4-11(8-15)9-16/h2,5-6,10-11,17-18H,3-4,7-9,15H2,1H3. The van der Waals surface area contributed by atoms with Crippen LogP contribution >= 0.6 is 0 Å². The molecular formula is C14H22N2O2. The summed E-state index contributed by atoms with van der Waals surface area (Å²) in [6.07, 6.45) is 2.30. The lowest BCUT2D eigenvalue weighted by Gasteiger charge is -2.36. The zero-order chi connectivity index (χ0) is 13.1. The molecule has 18 heavy (non-hydrogen) atoms. The topological polar surface area (TPSA) is 69.7 Å². The van der Waals surface area contributed by atoms with Crippen LogP contribution in [0.1, 0.15) is 31.4 Å². The summed E-state index contributed by atoms with van der Waals surface area (Å²) < 4.78 is 0. The second kappa shape index (κ2) is 5.59. The number of hydrogen-bond donors (Lipinski definition) is 3. The summed E-state index contributed by atoms with van der Waals surface area (Å²) in [5.74, 6) is 0.851. The molecule has 0 radical (unpaired) electrons. The van der Waals surface area contributed by atoms with Crippen molar-refractivity contribution in [2.24, 2.45) is 11.7 Å². The Morgan fingerprint density at radius 2 is 2.06 bits per heavy atom. The van der Waals surface area contributed by atoms with E-state index in [1.807, 2.05) is 6.92 Å². The summed E-state index contributed by atoms with van der Waals surface area (Å²) in [7, 11) is 0. The van der Waals surface area contributed by atoms with Crippen LogP contribution in [-0.2, 0) is 0 Å². The second-order valence-electron chi connectivity index (χ2n) is 5.12. The number of benzene rings is 1. The summed E-state index contributed by atoms with van der Waals surface area (Å²) in [6.45, 7) is 4.65. The molecule has 4 N–H and O–H groups in total. The molecule has 2 atom stereocenters. The van der Waals surface area contributed by atoms with Crippen molar-refractivity contribution in [1.29, 1.82) is 0 Å². The molecule has 1 saturated heterocycles. The Morgan fingerprint density at radius 1 is 1.39 bits per heavy atom. The van der Waals surface area contributed by atoms with Crippen molar-refractivity contribution >= 4 is 0 Å². The smallest absolute Gasteiger partial charge is 0.124 e. The van der Waals surface area contributed by atoms with Gasteiger partial charge in [-0.3, -0.25) is 4.90 Å². The molecule has 0 aromatic heterocycles. The lowest BCUT2D eigenvalue weighted by atomic mass is 9.95. The molecule has 0 aliphatic carbocycles. The average Bonchev–Trinajstić information content (AvgIpc) is 2.38. The first-order valence-electron chi connectivity index (χ1n) is 6.58. The molecule has 1 aliphatic rings. The van der Waals surface area contributed by atoms with Gasteiger partial charge in [0, 0.05) is 12.6 Å². The van der Waals surface area contributed by atoms with Crippen LogP contribution in [0.4, 0.5) is 0 Å². The predicted molar refractivity (Wildman–Crippen MR) is 71.5 cm³/mol. The Balaban J connectivity index is 2.17. The highest BCUT2D eigenvalue weighted by atomic mass is 16.3. The van der Waals surface area contributed by atoms with E-state index in [9.17, 15) is 10.2 Å². The van der Waals surface area contributed by atoms with E-state index < -0.39 is 0 Å². The third-order valence-electron chi connectivity index (χ3n) is 3.91. The molecule has 0 spiro atoms. The van der Waals surface area contributed by atoms with Crippen LogP contribution in [0.15, 0.2) is 18.2 Å². The Kier molecular flexibility index (Phi) is 4.09. The first-order chi connectivity index (χ1) is 8.63. The van der Waals surface area contributed by atoms with Crippen molar-refractivity contribution in [3.63, 3.8) is 0 Å². The molecule has 0 amide bonds. The maximum atomic E-state index is 9.90. The molecule has 1 aromatic carbocycles. The second-order valence-corrected chi connectivity index (χ2v) is 5.12. The van der Waals surface area contributed by atoms with Crippen LogP contribution in [0.5, 0.6) is 11.5 Å². The minimum atomic E-state index is 0.0144. The molecule has 1 heterocycles. The van der Waals surface area contributed by atoms with E-state index in [1.165, 1.54) is 6.42 Å². The fourth-order valence-corrected chi connectivity index (χ4v) is 2.79. The molecule has 2 rings (SSSR count). The predicted octanol–water partition coefficient (Wildman–Crippen LogP) is 1.83. The van der Waals surface area contributed by atoms with Gasteiger partial charge in [-0.1, -0.05) is 6.07 Å². The molecule has 4 heteroatoms. The number of phenolic OH excluding ortho intramolecular Hbond substituents is 2. The van der Waals surface area contributed by atoms with Gasteiger partial charge in [-0.05, 0) is 50.9 Å². The van der Waals surface area contributed by atoms with Crippen molar-refractivity contribution in [1.82, 2.24) is 4.90 Å². The van der Waals surface area contributed by atoms with Gasteiger partial charge in [0.25, 0.3) is 0 Å². The van der Waals surface area contributed by atoms with Crippen LogP contribution in [0.3, 0.4) is 0 Å². The molecule has 2 unspecified atom stereocenters. The number of nitrogens with zero attached hydrogens (tertiary/aromatic N) is 1. The first-order valence-corrected chi connectivity index (χ1v) is 6.58. The van der Waals surface area contributed by atoms with Crippen LogP contribution in [0.25, 0.3) is 0 Å². The van der Waals surface area contributed by atoms with Gasteiger partial charge in [0.2, 0.25) is 0 Å². The van der Waals surface area contributed by atoms with Crippen LogP contribution in [0, 0.1) is 5.92 Å². The van der Waals surface area contributed by atoms with Crippen LogP contribution < -0.4 is 5.73 Å². The van der Waals surface area contributed by atoms with Gasteiger partial charge >= 0.3 is 0 Å². The van der Waals surface area contributed by atoms with E-state index in [2.05, 4.69) is 4.90 Å². The van der Waals surface area contributed by atoms with E-state index >= 15 is 0 Å². The monoisotopic (exact) mass is 250 g/mol. The fraction of sp³-hybridized carbons (Fsp3) is 0.571. The summed E-state index contributed by atoms with van der Waals surface area (Å²) in [5, 5.41) is 19.8. The maximum absolute atomic E-state index is 9.90. The van der Waals surface area contributed by atoms with E-state index in [0.717, 1.165) is 19.5 Å². The van der Waals surface area contributed by atoms with E-state index in [4.69, 9.17) is 5.73 Å². The average molecular weight is 250 g/mol. The molecule has 100 valence electrons. The first kappa shape index (κ1) is 13.2. The largest absolute Gasteiger partial charge is 0.507 e.